The summed E-state index contributed by atoms with van der Waals surface area (Å²) in [5.74, 6) is 0.789. The molecule has 0 saturated carbocycles. The molecule has 0 aliphatic carbocycles. The van der Waals surface area contributed by atoms with Gasteiger partial charge in [-0.05, 0) is 28.1 Å². The third kappa shape index (κ3) is 2.38. The summed E-state index contributed by atoms with van der Waals surface area (Å²) in [6.45, 7) is 1.03. The summed E-state index contributed by atoms with van der Waals surface area (Å²) in [5.41, 5.74) is 6.48. The zero-order valence-electron chi connectivity index (χ0n) is 8.98. The molecule has 0 amide bonds. The maximum absolute atomic E-state index is 5.62. The van der Waals surface area contributed by atoms with E-state index in [4.69, 9.17) is 19.9 Å². The fraction of sp³-hybridized carbons (Fsp3) is 0.455. The van der Waals surface area contributed by atoms with Crippen LogP contribution in [0.1, 0.15) is 11.9 Å². The Kier molecular flexibility index (Phi) is 3.81. The average molecular weight is 288 g/mol. The van der Waals surface area contributed by atoms with E-state index in [0.29, 0.717) is 13.2 Å². The van der Waals surface area contributed by atoms with Crippen LogP contribution in [0.3, 0.4) is 0 Å². The van der Waals surface area contributed by atoms with E-state index in [1.807, 2.05) is 18.2 Å². The zero-order valence-corrected chi connectivity index (χ0v) is 10.6. The van der Waals surface area contributed by atoms with Crippen molar-refractivity contribution in [2.45, 2.75) is 12.4 Å². The summed E-state index contributed by atoms with van der Waals surface area (Å²) in [5, 5.41) is 0. The molecule has 2 atom stereocenters. The Hall–Kier alpha value is -0.620. The van der Waals surface area contributed by atoms with Gasteiger partial charge in [-0.15, -0.1) is 0 Å². The normalized spacial score (nSPS) is 24.7. The summed E-state index contributed by atoms with van der Waals surface area (Å²) in [6, 6.07) is 5.73. The molecule has 5 heteroatoms. The van der Waals surface area contributed by atoms with Gasteiger partial charge in [0.2, 0.25) is 0 Å². The Morgan fingerprint density at radius 1 is 1.56 bits per heavy atom. The molecule has 0 aromatic heterocycles. The molecule has 0 spiro atoms. The molecule has 1 heterocycles. The van der Waals surface area contributed by atoms with Crippen molar-refractivity contribution < 1.29 is 14.2 Å². The van der Waals surface area contributed by atoms with Crippen LogP contribution in [0.2, 0.25) is 0 Å². The number of rotatable bonds is 3. The van der Waals surface area contributed by atoms with Gasteiger partial charge in [0, 0.05) is 12.1 Å². The maximum Gasteiger partial charge on any atom is 0.184 e. The second-order valence-corrected chi connectivity index (χ2v) is 4.41. The van der Waals surface area contributed by atoms with Gasteiger partial charge in [-0.3, -0.25) is 0 Å². The molecule has 1 saturated heterocycles. The molecular weight excluding hydrogens is 274 g/mol. The quantitative estimate of drug-likeness (QED) is 0.922. The van der Waals surface area contributed by atoms with E-state index < -0.39 is 0 Å². The summed E-state index contributed by atoms with van der Waals surface area (Å²) >= 11 is 3.43. The van der Waals surface area contributed by atoms with Crippen LogP contribution in [0.4, 0.5) is 0 Å². The first kappa shape index (κ1) is 11.9. The van der Waals surface area contributed by atoms with Gasteiger partial charge in [-0.2, -0.15) is 0 Å². The number of benzene rings is 1. The zero-order chi connectivity index (χ0) is 11.5. The first-order valence-corrected chi connectivity index (χ1v) is 5.84. The summed E-state index contributed by atoms with van der Waals surface area (Å²) in [6.07, 6.45) is -0.332. The Balaban J connectivity index is 2.13. The minimum Gasteiger partial charge on any atom is -0.496 e. The van der Waals surface area contributed by atoms with Crippen LogP contribution in [-0.2, 0) is 9.47 Å². The molecule has 1 aliphatic rings. The Morgan fingerprint density at radius 2 is 2.38 bits per heavy atom. The van der Waals surface area contributed by atoms with Crippen LogP contribution < -0.4 is 10.5 Å². The molecule has 2 unspecified atom stereocenters. The van der Waals surface area contributed by atoms with E-state index in [0.717, 1.165) is 15.8 Å². The number of ether oxygens (including phenoxy) is 3. The summed E-state index contributed by atoms with van der Waals surface area (Å²) < 4.78 is 17.2. The SMILES string of the molecule is COc1ccc(C2OCC(CN)O2)cc1Br. The van der Waals surface area contributed by atoms with Crippen LogP contribution in [0.15, 0.2) is 22.7 Å². The van der Waals surface area contributed by atoms with Crippen molar-refractivity contribution in [2.24, 2.45) is 5.73 Å². The number of hydrogen-bond acceptors (Lipinski definition) is 4. The minimum absolute atomic E-state index is 0.00845. The van der Waals surface area contributed by atoms with Crippen LogP contribution in [-0.4, -0.2) is 26.4 Å². The number of nitrogens with two attached hydrogens (primary N) is 1. The Labute approximate surface area is 103 Å². The largest absolute Gasteiger partial charge is 0.496 e. The van der Waals surface area contributed by atoms with E-state index in [1.54, 1.807) is 7.11 Å². The highest BCUT2D eigenvalue weighted by Gasteiger charge is 2.26. The third-order valence-electron chi connectivity index (χ3n) is 2.46. The van der Waals surface area contributed by atoms with Crippen LogP contribution in [0, 0.1) is 0 Å². The summed E-state index contributed by atoms with van der Waals surface area (Å²) in [4.78, 5) is 0. The van der Waals surface area contributed by atoms with Crippen LogP contribution >= 0.6 is 15.9 Å². The lowest BCUT2D eigenvalue weighted by atomic mass is 10.2. The van der Waals surface area contributed by atoms with Gasteiger partial charge in [0.15, 0.2) is 6.29 Å². The molecular formula is C11H14BrNO3. The molecule has 1 aliphatic heterocycles. The topological polar surface area (TPSA) is 53.7 Å². The maximum atomic E-state index is 5.62. The predicted octanol–water partition coefficient (Wildman–Crippen LogP) is 1.83. The van der Waals surface area contributed by atoms with E-state index >= 15 is 0 Å². The molecule has 88 valence electrons. The van der Waals surface area contributed by atoms with E-state index in [-0.39, 0.29) is 12.4 Å². The van der Waals surface area contributed by atoms with Crippen LogP contribution in [0.5, 0.6) is 5.75 Å². The molecule has 2 N–H and O–H groups in total. The average Bonchev–Trinajstić information content (AvgIpc) is 2.77. The molecule has 1 fully saturated rings. The highest BCUT2D eigenvalue weighted by molar-refractivity contribution is 9.10. The fourth-order valence-electron chi connectivity index (χ4n) is 1.58. The minimum atomic E-state index is -0.323. The lowest BCUT2D eigenvalue weighted by molar-refractivity contribution is -0.0586. The Bertz CT molecular complexity index is 372. The molecule has 0 radical (unpaired) electrons. The number of hydrogen-bond donors (Lipinski definition) is 1. The van der Waals surface area contributed by atoms with Gasteiger partial charge in [0.1, 0.15) is 5.75 Å². The van der Waals surface area contributed by atoms with Crippen molar-refractivity contribution in [3.63, 3.8) is 0 Å². The number of halogens is 1. The molecule has 0 bridgehead atoms. The van der Waals surface area contributed by atoms with Crippen molar-refractivity contribution in [1.29, 1.82) is 0 Å². The lowest BCUT2D eigenvalue weighted by Gasteiger charge is -2.12. The second-order valence-electron chi connectivity index (χ2n) is 3.55. The van der Waals surface area contributed by atoms with Gasteiger partial charge < -0.3 is 19.9 Å². The first-order valence-electron chi connectivity index (χ1n) is 5.05. The third-order valence-corrected chi connectivity index (χ3v) is 3.08. The van der Waals surface area contributed by atoms with Crippen LogP contribution in [0.25, 0.3) is 0 Å². The van der Waals surface area contributed by atoms with Crippen molar-refractivity contribution in [3.05, 3.63) is 28.2 Å². The van der Waals surface area contributed by atoms with Gasteiger partial charge in [0.25, 0.3) is 0 Å². The van der Waals surface area contributed by atoms with Crippen molar-refractivity contribution >= 4 is 15.9 Å². The Morgan fingerprint density at radius 3 is 2.94 bits per heavy atom. The molecule has 2 rings (SSSR count). The second kappa shape index (κ2) is 5.14. The molecule has 4 nitrogen and oxygen atoms in total. The fourth-order valence-corrected chi connectivity index (χ4v) is 2.13. The molecule has 1 aromatic carbocycles. The van der Waals surface area contributed by atoms with Gasteiger partial charge in [-0.1, -0.05) is 6.07 Å². The smallest absolute Gasteiger partial charge is 0.184 e. The van der Waals surface area contributed by atoms with Crippen molar-refractivity contribution in [1.82, 2.24) is 0 Å². The van der Waals surface area contributed by atoms with Gasteiger partial charge >= 0.3 is 0 Å². The highest BCUT2D eigenvalue weighted by Crippen LogP contribution is 2.32. The van der Waals surface area contributed by atoms with Crippen molar-refractivity contribution in [2.75, 3.05) is 20.3 Å². The van der Waals surface area contributed by atoms with E-state index in [2.05, 4.69) is 15.9 Å². The van der Waals surface area contributed by atoms with E-state index in [9.17, 15) is 0 Å². The summed E-state index contributed by atoms with van der Waals surface area (Å²) in [7, 11) is 1.63. The van der Waals surface area contributed by atoms with E-state index in [1.165, 1.54) is 0 Å². The van der Waals surface area contributed by atoms with Crippen molar-refractivity contribution in [3.8, 4) is 5.75 Å². The standard InChI is InChI=1S/C11H14BrNO3/c1-14-10-3-2-7(4-9(10)12)11-15-6-8(5-13)16-11/h2-4,8,11H,5-6,13H2,1H3. The predicted molar refractivity (Wildman–Crippen MR) is 63.3 cm³/mol. The molecule has 1 aromatic rings. The first-order chi connectivity index (χ1) is 7.74. The van der Waals surface area contributed by atoms with Gasteiger partial charge in [0.05, 0.1) is 24.3 Å². The lowest BCUT2D eigenvalue weighted by Crippen LogP contribution is -2.21. The van der Waals surface area contributed by atoms with Gasteiger partial charge in [-0.25, -0.2) is 0 Å². The number of methoxy groups -OCH3 is 1. The monoisotopic (exact) mass is 287 g/mol. The highest BCUT2D eigenvalue weighted by atomic mass is 79.9. The molecule has 16 heavy (non-hydrogen) atoms.